The Morgan fingerprint density at radius 2 is 1.65 bits per heavy atom. The molecule has 1 unspecified atom stereocenters. The van der Waals surface area contributed by atoms with Crippen LogP contribution < -0.4 is 10.4 Å². The van der Waals surface area contributed by atoms with Crippen molar-refractivity contribution in [3.05, 3.63) is 0 Å². The quantitative estimate of drug-likeness (QED) is 0.634. The highest BCUT2D eigenvalue weighted by molar-refractivity contribution is 7.56. The van der Waals surface area contributed by atoms with E-state index in [1.54, 1.807) is 0 Å². The van der Waals surface area contributed by atoms with Gasteiger partial charge in [-0.05, 0) is 31.7 Å². The molecule has 0 aromatic heterocycles. The van der Waals surface area contributed by atoms with E-state index in [9.17, 15) is 9.90 Å². The topological polar surface area (TPSA) is 61.4 Å². The Hall–Kier alpha value is -0.180. The van der Waals surface area contributed by atoms with Gasteiger partial charge in [-0.3, -0.25) is 9.88 Å². The number of hydrogen-bond donors (Lipinski definition) is 3. The fourth-order valence-corrected chi connectivity index (χ4v) is 2.83. The first-order valence-electron chi connectivity index (χ1n) is 7.42. The Kier molecular flexibility index (Phi) is 8.23. The standard InChI is InChI=1S/C15H33N2O2P/c1-10(2)12(9-18)16-14(19)13(11(3)4)17-20(8)15(5,6)7/h10-13,17-18H,9H2,1-8H3,(H,16,19)/t12-,13+,20?/m1/s1. The number of carbonyl (C=O) groups is 1. The third kappa shape index (κ3) is 6.51. The summed E-state index contributed by atoms with van der Waals surface area (Å²) < 4.78 is 0. The molecule has 0 heterocycles. The highest BCUT2D eigenvalue weighted by Crippen LogP contribution is 2.42. The van der Waals surface area contributed by atoms with Crippen LogP contribution in [0.4, 0.5) is 0 Å². The molecule has 3 atom stereocenters. The number of rotatable bonds is 7. The van der Waals surface area contributed by atoms with Crippen molar-refractivity contribution >= 4 is 14.0 Å². The first kappa shape index (κ1) is 19.8. The molecule has 3 N–H and O–H groups in total. The van der Waals surface area contributed by atoms with Gasteiger partial charge in [0.05, 0.1) is 18.7 Å². The van der Waals surface area contributed by atoms with Crippen LogP contribution in [0, 0.1) is 11.8 Å². The van der Waals surface area contributed by atoms with Gasteiger partial charge in [0.2, 0.25) is 5.91 Å². The molecule has 0 aromatic carbocycles. The molecule has 0 spiro atoms. The molecule has 0 aliphatic carbocycles. The Bertz CT molecular complexity index is 301. The van der Waals surface area contributed by atoms with Crippen LogP contribution in [0.15, 0.2) is 0 Å². The minimum atomic E-state index is -0.444. The molecule has 0 bridgehead atoms. The Morgan fingerprint density at radius 1 is 1.15 bits per heavy atom. The van der Waals surface area contributed by atoms with Crippen LogP contribution in [0.5, 0.6) is 0 Å². The van der Waals surface area contributed by atoms with Crippen LogP contribution >= 0.6 is 8.07 Å². The maximum absolute atomic E-state index is 12.4. The van der Waals surface area contributed by atoms with Crippen LogP contribution in [0.1, 0.15) is 48.5 Å². The van der Waals surface area contributed by atoms with E-state index in [0.717, 1.165) is 0 Å². The van der Waals surface area contributed by atoms with Crippen LogP contribution in [-0.4, -0.2) is 41.5 Å². The Balaban J connectivity index is 4.80. The lowest BCUT2D eigenvalue weighted by atomic mass is 10.0. The fraction of sp³-hybridized carbons (Fsp3) is 0.933. The molecule has 120 valence electrons. The molecular formula is C15H33N2O2P. The van der Waals surface area contributed by atoms with E-state index in [0.29, 0.717) is 0 Å². The molecule has 0 aromatic rings. The van der Waals surface area contributed by atoms with Gasteiger partial charge in [-0.15, -0.1) is 0 Å². The molecule has 0 rings (SSSR count). The summed E-state index contributed by atoms with van der Waals surface area (Å²) in [7, 11) is -0.444. The van der Waals surface area contributed by atoms with Gasteiger partial charge < -0.3 is 10.4 Å². The molecule has 0 saturated carbocycles. The second-order valence-corrected chi connectivity index (χ2v) is 9.84. The first-order valence-corrected chi connectivity index (χ1v) is 9.20. The number of amides is 1. The molecule has 0 saturated heterocycles. The molecule has 5 heteroatoms. The zero-order valence-electron chi connectivity index (χ0n) is 14.3. The largest absolute Gasteiger partial charge is 0.394 e. The molecule has 0 aliphatic heterocycles. The summed E-state index contributed by atoms with van der Waals surface area (Å²) in [6.07, 6.45) is 0. The first-order chi connectivity index (χ1) is 9.00. The lowest BCUT2D eigenvalue weighted by Crippen LogP contribution is -2.52. The maximum atomic E-state index is 12.4. The maximum Gasteiger partial charge on any atom is 0.237 e. The summed E-state index contributed by atoms with van der Waals surface area (Å²) in [6, 6.07) is -0.388. The van der Waals surface area contributed by atoms with E-state index >= 15 is 0 Å². The number of carbonyl (C=O) groups excluding carboxylic acids is 1. The summed E-state index contributed by atoms with van der Waals surface area (Å²) >= 11 is 0. The summed E-state index contributed by atoms with van der Waals surface area (Å²) in [4.78, 5) is 12.4. The van der Waals surface area contributed by atoms with Crippen LogP contribution in [0.3, 0.4) is 0 Å². The second-order valence-electron chi connectivity index (χ2n) is 7.12. The van der Waals surface area contributed by atoms with Gasteiger partial charge in [0.1, 0.15) is 0 Å². The van der Waals surface area contributed by atoms with Crippen LogP contribution in [0.25, 0.3) is 0 Å². The van der Waals surface area contributed by atoms with E-state index in [1.165, 1.54) is 0 Å². The van der Waals surface area contributed by atoms with Gasteiger partial charge in [0, 0.05) is 0 Å². The summed E-state index contributed by atoms with van der Waals surface area (Å²) in [6.45, 7) is 16.8. The van der Waals surface area contributed by atoms with E-state index in [4.69, 9.17) is 0 Å². The molecule has 20 heavy (non-hydrogen) atoms. The number of hydrogen-bond acceptors (Lipinski definition) is 3. The molecule has 1 amide bonds. The van der Waals surface area contributed by atoms with Gasteiger partial charge in [-0.1, -0.05) is 48.5 Å². The van der Waals surface area contributed by atoms with E-state index in [-0.39, 0.29) is 41.6 Å². The van der Waals surface area contributed by atoms with Crippen molar-refractivity contribution in [2.75, 3.05) is 13.3 Å². The fourth-order valence-electron chi connectivity index (χ4n) is 1.61. The normalized spacial score (nSPS) is 17.1. The van der Waals surface area contributed by atoms with E-state index in [2.05, 4.69) is 37.8 Å². The SMILES string of the molecule is CC(C)[C@H](NP(C)C(C)(C)C)C(=O)N[C@H](CO)C(C)C. The molecule has 0 fully saturated rings. The monoisotopic (exact) mass is 304 g/mol. The van der Waals surface area contributed by atoms with Gasteiger partial charge in [0.25, 0.3) is 0 Å². The van der Waals surface area contributed by atoms with Crippen LogP contribution in [-0.2, 0) is 4.79 Å². The van der Waals surface area contributed by atoms with Gasteiger partial charge in [-0.2, -0.15) is 0 Å². The van der Waals surface area contributed by atoms with Gasteiger partial charge in [-0.25, -0.2) is 0 Å². The highest BCUT2D eigenvalue weighted by atomic mass is 31.1. The van der Waals surface area contributed by atoms with Crippen LogP contribution in [0.2, 0.25) is 0 Å². The van der Waals surface area contributed by atoms with Gasteiger partial charge in [0.15, 0.2) is 0 Å². The third-order valence-electron chi connectivity index (χ3n) is 3.62. The molecule has 0 aliphatic rings. The number of aliphatic hydroxyl groups excluding tert-OH is 1. The number of nitrogens with one attached hydrogen (secondary N) is 2. The average molecular weight is 304 g/mol. The summed E-state index contributed by atoms with van der Waals surface area (Å²) in [5, 5.41) is 16.0. The zero-order chi connectivity index (χ0) is 16.1. The predicted octanol–water partition coefficient (Wildman–Crippen LogP) is 2.56. The number of aliphatic hydroxyl groups is 1. The predicted molar refractivity (Wildman–Crippen MR) is 88.2 cm³/mol. The molecule has 0 radical (unpaired) electrons. The highest BCUT2D eigenvalue weighted by Gasteiger charge is 2.29. The van der Waals surface area contributed by atoms with Crippen molar-refractivity contribution < 1.29 is 9.90 Å². The Morgan fingerprint density at radius 3 is 1.95 bits per heavy atom. The van der Waals surface area contributed by atoms with E-state index < -0.39 is 8.07 Å². The smallest absolute Gasteiger partial charge is 0.237 e. The zero-order valence-corrected chi connectivity index (χ0v) is 15.2. The summed E-state index contributed by atoms with van der Waals surface area (Å²) in [5.74, 6) is 0.433. The molecule has 4 nitrogen and oxygen atoms in total. The van der Waals surface area contributed by atoms with Crippen molar-refractivity contribution in [1.29, 1.82) is 0 Å². The van der Waals surface area contributed by atoms with Crippen molar-refractivity contribution in [2.24, 2.45) is 11.8 Å². The summed E-state index contributed by atoms with van der Waals surface area (Å²) in [5.41, 5.74) is 0. The van der Waals surface area contributed by atoms with Crippen molar-refractivity contribution in [2.45, 2.75) is 65.7 Å². The van der Waals surface area contributed by atoms with E-state index in [1.807, 2.05) is 27.7 Å². The minimum Gasteiger partial charge on any atom is -0.394 e. The van der Waals surface area contributed by atoms with Crippen molar-refractivity contribution in [3.63, 3.8) is 0 Å². The van der Waals surface area contributed by atoms with Crippen molar-refractivity contribution in [1.82, 2.24) is 10.4 Å². The molecular weight excluding hydrogens is 271 g/mol. The lowest BCUT2D eigenvalue weighted by molar-refractivity contribution is -0.125. The van der Waals surface area contributed by atoms with Crippen molar-refractivity contribution in [3.8, 4) is 0 Å². The minimum absolute atomic E-state index is 0.00801. The third-order valence-corrected chi connectivity index (χ3v) is 6.30. The Labute approximate surface area is 125 Å². The lowest BCUT2D eigenvalue weighted by Gasteiger charge is -2.34. The average Bonchev–Trinajstić information content (AvgIpc) is 2.29. The van der Waals surface area contributed by atoms with Gasteiger partial charge >= 0.3 is 0 Å². The second kappa shape index (κ2) is 8.31.